The van der Waals surface area contributed by atoms with Gasteiger partial charge < -0.3 is 10.1 Å². The van der Waals surface area contributed by atoms with Gasteiger partial charge in [-0.25, -0.2) is 17.9 Å². The van der Waals surface area contributed by atoms with E-state index in [1.165, 1.54) is 25.3 Å². The van der Waals surface area contributed by atoms with E-state index >= 15 is 0 Å². The monoisotopic (exact) mass is 375 g/mol. The number of amides is 1. The minimum atomic E-state index is -1.06. The molecular weight excluding hydrogens is 363 g/mol. The van der Waals surface area contributed by atoms with E-state index in [9.17, 15) is 22.8 Å². The molecule has 27 heavy (non-hydrogen) atoms. The van der Waals surface area contributed by atoms with Gasteiger partial charge in [0.15, 0.2) is 5.69 Å². The van der Waals surface area contributed by atoms with Crippen LogP contribution in [0.2, 0.25) is 0 Å². The Hall–Kier alpha value is -3.62. The molecule has 0 aliphatic rings. The van der Waals surface area contributed by atoms with Crippen molar-refractivity contribution in [3.63, 3.8) is 0 Å². The lowest BCUT2D eigenvalue weighted by molar-refractivity contribution is 0.101. The SMILES string of the molecule is COc1cc(=O)c(C(=O)Nc2cc(F)ccc2F)nn1-c1cccc(F)c1. The minimum Gasteiger partial charge on any atom is -0.481 e. The number of aromatic nitrogens is 2. The van der Waals surface area contributed by atoms with Crippen molar-refractivity contribution in [1.82, 2.24) is 9.78 Å². The van der Waals surface area contributed by atoms with Gasteiger partial charge in [0.2, 0.25) is 11.3 Å². The Balaban J connectivity index is 2.05. The molecule has 0 aliphatic carbocycles. The molecular formula is C18H12F3N3O3. The number of benzene rings is 2. The average molecular weight is 375 g/mol. The molecule has 0 spiro atoms. The fraction of sp³-hybridized carbons (Fsp3) is 0.0556. The van der Waals surface area contributed by atoms with Crippen molar-refractivity contribution in [3.8, 4) is 11.6 Å². The predicted molar refractivity (Wildman–Crippen MR) is 90.7 cm³/mol. The van der Waals surface area contributed by atoms with E-state index in [1.54, 1.807) is 0 Å². The highest BCUT2D eigenvalue weighted by Crippen LogP contribution is 2.18. The third kappa shape index (κ3) is 3.81. The summed E-state index contributed by atoms with van der Waals surface area (Å²) >= 11 is 0. The summed E-state index contributed by atoms with van der Waals surface area (Å²) in [6, 6.07) is 8.68. The number of anilines is 1. The van der Waals surface area contributed by atoms with Crippen LogP contribution in [-0.4, -0.2) is 22.8 Å². The van der Waals surface area contributed by atoms with Gasteiger partial charge >= 0.3 is 0 Å². The highest BCUT2D eigenvalue weighted by atomic mass is 19.1. The van der Waals surface area contributed by atoms with E-state index in [1.807, 2.05) is 0 Å². The number of nitrogens with zero attached hydrogens (tertiary/aromatic N) is 2. The van der Waals surface area contributed by atoms with Gasteiger partial charge in [-0.2, -0.15) is 5.10 Å². The smallest absolute Gasteiger partial charge is 0.280 e. The number of methoxy groups -OCH3 is 1. The summed E-state index contributed by atoms with van der Waals surface area (Å²) in [4.78, 5) is 24.5. The predicted octanol–water partition coefficient (Wildman–Crippen LogP) is 2.91. The lowest BCUT2D eigenvalue weighted by Crippen LogP contribution is -2.26. The average Bonchev–Trinajstić information content (AvgIpc) is 2.64. The molecule has 1 amide bonds. The summed E-state index contributed by atoms with van der Waals surface area (Å²) in [7, 11) is 1.27. The summed E-state index contributed by atoms with van der Waals surface area (Å²) in [5, 5.41) is 5.98. The van der Waals surface area contributed by atoms with Crippen LogP contribution in [0.15, 0.2) is 53.3 Å². The van der Waals surface area contributed by atoms with Crippen LogP contribution in [-0.2, 0) is 0 Å². The molecule has 1 heterocycles. The van der Waals surface area contributed by atoms with Crippen molar-refractivity contribution >= 4 is 11.6 Å². The number of ether oxygens (including phenoxy) is 1. The van der Waals surface area contributed by atoms with Crippen LogP contribution in [0.3, 0.4) is 0 Å². The van der Waals surface area contributed by atoms with Gasteiger partial charge in [-0.1, -0.05) is 6.07 Å². The van der Waals surface area contributed by atoms with Crippen LogP contribution in [0, 0.1) is 17.5 Å². The number of carbonyl (C=O) groups is 1. The van der Waals surface area contributed by atoms with E-state index < -0.39 is 40.2 Å². The van der Waals surface area contributed by atoms with Crippen LogP contribution in [0.4, 0.5) is 18.9 Å². The van der Waals surface area contributed by atoms with Gasteiger partial charge in [-0.05, 0) is 30.3 Å². The maximum atomic E-state index is 13.7. The molecule has 9 heteroatoms. The van der Waals surface area contributed by atoms with Crippen molar-refractivity contribution in [2.24, 2.45) is 0 Å². The Labute approximate surface area is 150 Å². The molecule has 3 rings (SSSR count). The molecule has 0 fully saturated rings. The van der Waals surface area contributed by atoms with Crippen LogP contribution < -0.4 is 15.5 Å². The summed E-state index contributed by atoms with van der Waals surface area (Å²) < 4.78 is 46.5. The van der Waals surface area contributed by atoms with Crippen LogP contribution >= 0.6 is 0 Å². The van der Waals surface area contributed by atoms with E-state index in [4.69, 9.17) is 4.74 Å². The van der Waals surface area contributed by atoms with Gasteiger partial charge in [0.1, 0.15) is 17.5 Å². The molecule has 0 atom stereocenters. The van der Waals surface area contributed by atoms with Crippen LogP contribution in [0.25, 0.3) is 5.69 Å². The quantitative estimate of drug-likeness (QED) is 0.761. The van der Waals surface area contributed by atoms with Gasteiger partial charge in [-0.3, -0.25) is 9.59 Å². The number of nitrogens with one attached hydrogen (secondary N) is 1. The minimum absolute atomic E-state index is 0.0425. The van der Waals surface area contributed by atoms with Gasteiger partial charge in [0.25, 0.3) is 5.91 Å². The maximum absolute atomic E-state index is 13.7. The third-order valence-electron chi connectivity index (χ3n) is 3.55. The second kappa shape index (κ2) is 7.32. The van der Waals surface area contributed by atoms with Gasteiger partial charge in [0, 0.05) is 6.07 Å². The Morgan fingerprint density at radius 1 is 1.07 bits per heavy atom. The molecule has 0 aliphatic heterocycles. The standard InChI is InChI=1S/C18H12F3N3O3/c1-27-16-9-15(25)17(23-24(16)12-4-2-3-10(19)7-12)18(26)22-14-8-11(20)5-6-13(14)21/h2-9H,1H3,(H,22,26). The second-order valence-electron chi connectivity index (χ2n) is 5.37. The number of rotatable bonds is 4. The Bertz CT molecular complexity index is 1080. The topological polar surface area (TPSA) is 73.2 Å². The number of carbonyl (C=O) groups excluding carboxylic acids is 1. The molecule has 138 valence electrons. The van der Waals surface area contributed by atoms with Crippen molar-refractivity contribution in [2.75, 3.05) is 12.4 Å². The third-order valence-corrected chi connectivity index (χ3v) is 3.55. The number of hydrogen-bond donors (Lipinski definition) is 1. The first-order valence-corrected chi connectivity index (χ1v) is 7.60. The molecule has 0 bridgehead atoms. The number of halogens is 3. The molecule has 1 N–H and O–H groups in total. The highest BCUT2D eigenvalue weighted by molar-refractivity contribution is 6.02. The zero-order valence-electron chi connectivity index (χ0n) is 13.9. The molecule has 0 saturated carbocycles. The van der Waals surface area contributed by atoms with E-state index in [0.717, 1.165) is 35.0 Å². The fourth-order valence-corrected chi connectivity index (χ4v) is 2.31. The van der Waals surface area contributed by atoms with Gasteiger partial charge in [-0.15, -0.1) is 0 Å². The zero-order chi connectivity index (χ0) is 19.6. The lowest BCUT2D eigenvalue weighted by Gasteiger charge is -2.13. The zero-order valence-corrected chi connectivity index (χ0v) is 13.9. The first kappa shape index (κ1) is 18.2. The molecule has 3 aromatic rings. The van der Waals surface area contributed by atoms with Crippen LogP contribution in [0.1, 0.15) is 10.5 Å². The first-order valence-electron chi connectivity index (χ1n) is 7.60. The summed E-state index contributed by atoms with van der Waals surface area (Å²) in [5.74, 6) is -3.32. The number of hydrogen-bond acceptors (Lipinski definition) is 4. The Morgan fingerprint density at radius 3 is 2.52 bits per heavy atom. The normalized spacial score (nSPS) is 10.5. The summed E-state index contributed by atoms with van der Waals surface area (Å²) in [6.07, 6.45) is 0. The van der Waals surface area contributed by atoms with Crippen LogP contribution in [0.5, 0.6) is 5.88 Å². The van der Waals surface area contributed by atoms with Crippen molar-refractivity contribution < 1.29 is 22.7 Å². The molecule has 2 aromatic carbocycles. The fourth-order valence-electron chi connectivity index (χ4n) is 2.31. The Morgan fingerprint density at radius 2 is 1.81 bits per heavy atom. The van der Waals surface area contributed by atoms with E-state index in [2.05, 4.69) is 10.4 Å². The molecule has 0 radical (unpaired) electrons. The van der Waals surface area contributed by atoms with E-state index in [-0.39, 0.29) is 11.6 Å². The van der Waals surface area contributed by atoms with E-state index in [0.29, 0.717) is 0 Å². The van der Waals surface area contributed by atoms with Crippen molar-refractivity contribution in [3.05, 3.63) is 81.9 Å². The molecule has 0 unspecified atom stereocenters. The lowest BCUT2D eigenvalue weighted by atomic mass is 10.2. The highest BCUT2D eigenvalue weighted by Gasteiger charge is 2.19. The molecule has 0 saturated heterocycles. The molecule has 6 nitrogen and oxygen atoms in total. The molecule has 1 aromatic heterocycles. The summed E-state index contributed by atoms with van der Waals surface area (Å²) in [6.45, 7) is 0. The van der Waals surface area contributed by atoms with Crippen molar-refractivity contribution in [2.45, 2.75) is 0 Å². The largest absolute Gasteiger partial charge is 0.481 e. The van der Waals surface area contributed by atoms with Gasteiger partial charge in [0.05, 0.1) is 24.6 Å². The van der Waals surface area contributed by atoms with Crippen molar-refractivity contribution in [1.29, 1.82) is 0 Å². The Kier molecular flexibility index (Phi) is 4.93. The second-order valence-corrected chi connectivity index (χ2v) is 5.37. The first-order chi connectivity index (χ1) is 12.9. The maximum Gasteiger partial charge on any atom is 0.280 e. The summed E-state index contributed by atoms with van der Waals surface area (Å²) in [5.41, 5.74) is -1.68.